The third-order valence-corrected chi connectivity index (χ3v) is 6.45. The van der Waals surface area contributed by atoms with E-state index in [1.165, 1.54) is 6.92 Å². The van der Waals surface area contributed by atoms with E-state index in [0.29, 0.717) is 19.5 Å². The lowest BCUT2D eigenvalue weighted by Gasteiger charge is -2.32. The van der Waals surface area contributed by atoms with Crippen LogP contribution < -0.4 is 10.6 Å². The van der Waals surface area contributed by atoms with Crippen molar-refractivity contribution in [1.29, 1.82) is 0 Å². The highest BCUT2D eigenvalue weighted by atomic mass is 16.6. The molecule has 7 nitrogen and oxygen atoms in total. The molecule has 1 fully saturated rings. The van der Waals surface area contributed by atoms with Gasteiger partial charge in [-0.05, 0) is 37.8 Å². The first kappa shape index (κ1) is 26.6. The molecule has 2 aromatic rings. The number of rotatable bonds is 12. The van der Waals surface area contributed by atoms with Crippen LogP contribution in [0.1, 0.15) is 63.5 Å². The Bertz CT molecular complexity index is 951. The molecular weight excluding hydrogens is 444 g/mol. The van der Waals surface area contributed by atoms with E-state index in [-0.39, 0.29) is 24.0 Å². The molecule has 2 aromatic carbocycles. The van der Waals surface area contributed by atoms with E-state index in [0.717, 1.165) is 36.8 Å². The summed E-state index contributed by atoms with van der Waals surface area (Å²) in [7, 11) is 0. The first-order valence-electron chi connectivity index (χ1n) is 12.3. The highest BCUT2D eigenvalue weighted by Crippen LogP contribution is 2.51. The van der Waals surface area contributed by atoms with Crippen molar-refractivity contribution >= 4 is 17.6 Å². The van der Waals surface area contributed by atoms with Crippen LogP contribution in [0.25, 0.3) is 0 Å². The standard InChI is InChI=1S/C28H36N2O5/c1-21(31)19-25(32)29-17-11-3-4-12-18-30-26(33)24-20-28(35-27(24,2)34,22-13-7-5-8-14-22)23-15-9-6-10-16-23/h5-10,13-16,24,34H,3-4,11-12,17-20H2,1-2H3,(H,29,32)(H,30,33). The van der Waals surface area contributed by atoms with Gasteiger partial charge in [0, 0.05) is 19.5 Å². The quantitative estimate of drug-likeness (QED) is 0.319. The molecule has 3 N–H and O–H groups in total. The summed E-state index contributed by atoms with van der Waals surface area (Å²) >= 11 is 0. The summed E-state index contributed by atoms with van der Waals surface area (Å²) in [4.78, 5) is 35.5. The van der Waals surface area contributed by atoms with Gasteiger partial charge in [-0.2, -0.15) is 0 Å². The largest absolute Gasteiger partial charge is 0.365 e. The topological polar surface area (TPSA) is 105 Å². The van der Waals surface area contributed by atoms with Gasteiger partial charge in [-0.15, -0.1) is 0 Å². The zero-order valence-corrected chi connectivity index (χ0v) is 20.6. The molecule has 2 amide bonds. The average molecular weight is 481 g/mol. The molecule has 0 radical (unpaired) electrons. The SMILES string of the molecule is CC(=O)CC(=O)NCCCCCCNC(=O)C1CC(c2ccccc2)(c2ccccc2)OC1(C)O. The maximum Gasteiger partial charge on any atom is 0.228 e. The molecule has 0 saturated carbocycles. The lowest BCUT2D eigenvalue weighted by Crippen LogP contribution is -2.42. The Morgan fingerprint density at radius 3 is 1.91 bits per heavy atom. The number of ether oxygens (including phenoxy) is 1. The molecule has 0 bridgehead atoms. The van der Waals surface area contributed by atoms with Gasteiger partial charge in [0.15, 0.2) is 5.79 Å². The number of amides is 2. The first-order valence-corrected chi connectivity index (χ1v) is 12.3. The average Bonchev–Trinajstić information content (AvgIpc) is 3.13. The second-order valence-electron chi connectivity index (χ2n) is 9.41. The Hall–Kier alpha value is -3.03. The summed E-state index contributed by atoms with van der Waals surface area (Å²) in [6, 6.07) is 19.4. The van der Waals surface area contributed by atoms with E-state index in [1.807, 2.05) is 60.7 Å². The van der Waals surface area contributed by atoms with Crippen molar-refractivity contribution in [2.75, 3.05) is 13.1 Å². The monoisotopic (exact) mass is 480 g/mol. The lowest BCUT2D eigenvalue weighted by atomic mass is 9.80. The second-order valence-corrected chi connectivity index (χ2v) is 9.41. The first-order chi connectivity index (χ1) is 16.7. The Morgan fingerprint density at radius 2 is 1.40 bits per heavy atom. The predicted octanol–water partition coefficient (Wildman–Crippen LogP) is 3.45. The predicted molar refractivity (Wildman–Crippen MR) is 133 cm³/mol. The van der Waals surface area contributed by atoms with E-state index in [2.05, 4.69) is 10.6 Å². The third-order valence-electron chi connectivity index (χ3n) is 6.45. The van der Waals surface area contributed by atoms with Crippen molar-refractivity contribution in [1.82, 2.24) is 10.6 Å². The van der Waals surface area contributed by atoms with Crippen molar-refractivity contribution in [2.24, 2.45) is 5.92 Å². The van der Waals surface area contributed by atoms with Gasteiger partial charge in [-0.25, -0.2) is 0 Å². The van der Waals surface area contributed by atoms with E-state index < -0.39 is 17.3 Å². The van der Waals surface area contributed by atoms with Crippen LogP contribution >= 0.6 is 0 Å². The molecule has 0 aromatic heterocycles. The van der Waals surface area contributed by atoms with E-state index >= 15 is 0 Å². The summed E-state index contributed by atoms with van der Waals surface area (Å²) in [5.74, 6) is -2.94. The molecule has 0 spiro atoms. The van der Waals surface area contributed by atoms with Crippen LogP contribution in [0.2, 0.25) is 0 Å². The smallest absolute Gasteiger partial charge is 0.228 e. The minimum atomic E-state index is -1.62. The summed E-state index contributed by atoms with van der Waals surface area (Å²) in [5, 5.41) is 16.8. The normalized spacial score (nSPS) is 20.8. The number of nitrogens with one attached hydrogen (secondary N) is 2. The maximum atomic E-state index is 13.1. The number of ketones is 1. The van der Waals surface area contributed by atoms with E-state index in [4.69, 9.17) is 4.74 Å². The third kappa shape index (κ3) is 6.99. The Kier molecular flexibility index (Phi) is 9.18. The minimum absolute atomic E-state index is 0.0729. The molecule has 7 heteroatoms. The van der Waals surface area contributed by atoms with Gasteiger partial charge in [0.05, 0.1) is 12.3 Å². The molecule has 188 valence electrons. The van der Waals surface area contributed by atoms with Crippen molar-refractivity contribution < 1.29 is 24.2 Å². The highest BCUT2D eigenvalue weighted by Gasteiger charge is 2.57. The second kappa shape index (κ2) is 12.1. The molecular formula is C28H36N2O5. The summed E-state index contributed by atoms with van der Waals surface area (Å²) in [6.45, 7) is 4.01. The maximum absolute atomic E-state index is 13.1. The molecule has 2 atom stereocenters. The molecule has 1 heterocycles. The number of Topliss-reactive ketones (excluding diaryl/α,β-unsaturated/α-hetero) is 1. The molecule has 2 unspecified atom stereocenters. The van der Waals surface area contributed by atoms with Gasteiger partial charge in [0.1, 0.15) is 11.4 Å². The molecule has 35 heavy (non-hydrogen) atoms. The fraction of sp³-hybridized carbons (Fsp3) is 0.464. The number of hydrogen-bond acceptors (Lipinski definition) is 5. The van der Waals surface area contributed by atoms with E-state index in [1.54, 1.807) is 6.92 Å². The van der Waals surface area contributed by atoms with Crippen LogP contribution in [0.5, 0.6) is 0 Å². The highest BCUT2D eigenvalue weighted by molar-refractivity contribution is 5.96. The van der Waals surface area contributed by atoms with Crippen molar-refractivity contribution in [2.45, 2.75) is 63.8 Å². The van der Waals surface area contributed by atoms with Gasteiger partial charge in [0.2, 0.25) is 11.8 Å². The van der Waals surface area contributed by atoms with Crippen LogP contribution in [-0.4, -0.2) is 41.6 Å². The van der Waals surface area contributed by atoms with Gasteiger partial charge in [0.25, 0.3) is 0 Å². The molecule has 1 saturated heterocycles. The fourth-order valence-electron chi connectivity index (χ4n) is 4.67. The number of benzene rings is 2. The van der Waals surface area contributed by atoms with Gasteiger partial charge >= 0.3 is 0 Å². The molecule has 1 aliphatic heterocycles. The Balaban J connectivity index is 1.52. The van der Waals surface area contributed by atoms with Gasteiger partial charge in [-0.1, -0.05) is 73.5 Å². The molecule has 1 aliphatic rings. The van der Waals surface area contributed by atoms with Gasteiger partial charge in [-0.3, -0.25) is 14.4 Å². The number of carbonyl (C=O) groups excluding carboxylic acids is 3. The number of unbranched alkanes of at least 4 members (excludes halogenated alkanes) is 3. The minimum Gasteiger partial charge on any atom is -0.365 e. The zero-order valence-electron chi connectivity index (χ0n) is 20.6. The van der Waals surface area contributed by atoms with Crippen LogP contribution in [0, 0.1) is 5.92 Å². The summed E-state index contributed by atoms with van der Waals surface area (Å²) in [6.07, 6.45) is 3.69. The van der Waals surface area contributed by atoms with Crippen molar-refractivity contribution in [3.05, 3.63) is 71.8 Å². The van der Waals surface area contributed by atoms with E-state index in [9.17, 15) is 19.5 Å². The molecule has 3 rings (SSSR count). The fourth-order valence-corrected chi connectivity index (χ4v) is 4.67. The van der Waals surface area contributed by atoms with Crippen LogP contribution in [0.4, 0.5) is 0 Å². The van der Waals surface area contributed by atoms with Crippen LogP contribution in [-0.2, 0) is 24.7 Å². The van der Waals surface area contributed by atoms with Crippen molar-refractivity contribution in [3.8, 4) is 0 Å². The van der Waals surface area contributed by atoms with Crippen molar-refractivity contribution in [3.63, 3.8) is 0 Å². The zero-order chi connectivity index (χ0) is 25.3. The number of hydrogen-bond donors (Lipinski definition) is 3. The lowest BCUT2D eigenvalue weighted by molar-refractivity contribution is -0.219. The number of carbonyl (C=O) groups is 3. The number of aliphatic hydroxyl groups is 1. The van der Waals surface area contributed by atoms with Crippen LogP contribution in [0.3, 0.4) is 0 Å². The Labute approximate surface area is 207 Å². The summed E-state index contributed by atoms with van der Waals surface area (Å²) < 4.78 is 6.30. The Morgan fingerprint density at radius 1 is 0.886 bits per heavy atom. The summed E-state index contributed by atoms with van der Waals surface area (Å²) in [5.41, 5.74) is 0.884. The van der Waals surface area contributed by atoms with Crippen LogP contribution in [0.15, 0.2) is 60.7 Å². The van der Waals surface area contributed by atoms with Gasteiger partial charge < -0.3 is 20.5 Å². The molecule has 0 aliphatic carbocycles.